The topological polar surface area (TPSA) is 41.1 Å². The average molecular weight is 307 g/mol. The monoisotopic (exact) mass is 306 g/mol. The summed E-state index contributed by atoms with van der Waals surface area (Å²) in [4.78, 5) is 11.8. The van der Waals surface area contributed by atoms with Crippen molar-refractivity contribution in [2.75, 3.05) is 25.4 Å². The van der Waals surface area contributed by atoms with Gasteiger partial charge in [0, 0.05) is 17.7 Å². The fraction of sp³-hybridized carbons (Fsp3) is 0.929. The van der Waals surface area contributed by atoms with Crippen molar-refractivity contribution in [2.45, 2.75) is 50.2 Å². The molecule has 0 aromatic heterocycles. The summed E-state index contributed by atoms with van der Waals surface area (Å²) in [6, 6.07) is 0. The summed E-state index contributed by atoms with van der Waals surface area (Å²) >= 11 is 2.01. The molecular weight excluding hydrogens is 280 g/mol. The van der Waals surface area contributed by atoms with E-state index in [4.69, 9.17) is 0 Å². The number of amides is 1. The normalized spacial score (nSPS) is 27.8. The molecule has 0 aromatic carbocycles. The molecule has 2 saturated heterocycles. The predicted molar refractivity (Wildman–Crippen MR) is 85.2 cm³/mol. The van der Waals surface area contributed by atoms with Gasteiger partial charge in [-0.3, -0.25) is 4.79 Å². The van der Waals surface area contributed by atoms with Gasteiger partial charge in [-0.2, -0.15) is 11.8 Å². The van der Waals surface area contributed by atoms with Gasteiger partial charge in [0.25, 0.3) is 0 Å². The van der Waals surface area contributed by atoms with Crippen molar-refractivity contribution < 1.29 is 4.79 Å². The highest BCUT2D eigenvalue weighted by Crippen LogP contribution is 2.36. The maximum absolute atomic E-state index is 11.8. The third kappa shape index (κ3) is 5.92. The van der Waals surface area contributed by atoms with E-state index in [1.54, 1.807) is 0 Å². The summed E-state index contributed by atoms with van der Waals surface area (Å²) in [7, 11) is 0. The molecule has 2 aliphatic heterocycles. The summed E-state index contributed by atoms with van der Waals surface area (Å²) in [5, 5.41) is 6.50. The zero-order chi connectivity index (χ0) is 12.8. The molecule has 2 aliphatic rings. The van der Waals surface area contributed by atoms with E-state index < -0.39 is 0 Å². The standard InChI is InChI=1S/C14H26N2OS.ClH/c1-14(7-2-10-18-14)11-16-13(17)4-3-12-5-8-15-9-6-12;/h12,15H,2-11H2,1H3,(H,16,17);1H. The quantitative estimate of drug-likeness (QED) is 0.820. The van der Waals surface area contributed by atoms with Gasteiger partial charge in [-0.1, -0.05) is 0 Å². The van der Waals surface area contributed by atoms with Gasteiger partial charge in [-0.05, 0) is 63.8 Å². The molecule has 0 aliphatic carbocycles. The number of piperidine rings is 1. The van der Waals surface area contributed by atoms with Crippen LogP contribution in [0.3, 0.4) is 0 Å². The number of hydrogen-bond donors (Lipinski definition) is 2. The minimum absolute atomic E-state index is 0. The molecule has 1 unspecified atom stereocenters. The average Bonchev–Trinajstić information content (AvgIpc) is 2.83. The lowest BCUT2D eigenvalue weighted by molar-refractivity contribution is -0.121. The highest BCUT2D eigenvalue weighted by Gasteiger charge is 2.29. The van der Waals surface area contributed by atoms with E-state index in [2.05, 4.69) is 17.6 Å². The Morgan fingerprint density at radius 1 is 1.42 bits per heavy atom. The van der Waals surface area contributed by atoms with Crippen LogP contribution in [0.15, 0.2) is 0 Å². The number of carbonyl (C=O) groups excluding carboxylic acids is 1. The van der Waals surface area contributed by atoms with Crippen LogP contribution < -0.4 is 10.6 Å². The molecule has 5 heteroatoms. The van der Waals surface area contributed by atoms with Crippen molar-refractivity contribution >= 4 is 30.1 Å². The lowest BCUT2D eigenvalue weighted by Gasteiger charge is -2.24. The Balaban J connectivity index is 0.00000180. The third-order valence-electron chi connectivity index (χ3n) is 4.20. The second kappa shape index (κ2) is 8.38. The Morgan fingerprint density at radius 3 is 2.79 bits per heavy atom. The minimum atomic E-state index is 0. The lowest BCUT2D eigenvalue weighted by Crippen LogP contribution is -2.37. The van der Waals surface area contributed by atoms with E-state index in [1.165, 1.54) is 31.4 Å². The summed E-state index contributed by atoms with van der Waals surface area (Å²) in [5.41, 5.74) is 0. The van der Waals surface area contributed by atoms with E-state index in [0.29, 0.717) is 11.2 Å². The minimum Gasteiger partial charge on any atom is -0.355 e. The molecule has 112 valence electrons. The number of nitrogens with one attached hydrogen (secondary N) is 2. The molecule has 2 N–H and O–H groups in total. The summed E-state index contributed by atoms with van der Waals surface area (Å²) in [6.45, 7) is 5.38. The van der Waals surface area contributed by atoms with Crippen LogP contribution in [0, 0.1) is 5.92 Å². The first-order chi connectivity index (χ1) is 8.68. The summed E-state index contributed by atoms with van der Waals surface area (Å²) < 4.78 is 0.296. The van der Waals surface area contributed by atoms with Crippen molar-refractivity contribution in [3.05, 3.63) is 0 Å². The largest absolute Gasteiger partial charge is 0.355 e. The molecule has 2 rings (SSSR count). The molecule has 2 heterocycles. The Labute approximate surface area is 127 Å². The maximum atomic E-state index is 11.8. The molecule has 3 nitrogen and oxygen atoms in total. The van der Waals surface area contributed by atoms with Crippen LogP contribution in [0.25, 0.3) is 0 Å². The van der Waals surface area contributed by atoms with Gasteiger partial charge >= 0.3 is 0 Å². The molecule has 0 bridgehead atoms. The predicted octanol–water partition coefficient (Wildman–Crippen LogP) is 2.59. The van der Waals surface area contributed by atoms with Crippen LogP contribution in [0.5, 0.6) is 0 Å². The molecule has 0 spiro atoms. The number of thioether (sulfide) groups is 1. The zero-order valence-electron chi connectivity index (χ0n) is 11.9. The Bertz CT molecular complexity index is 277. The molecule has 19 heavy (non-hydrogen) atoms. The number of hydrogen-bond acceptors (Lipinski definition) is 3. The van der Waals surface area contributed by atoms with Crippen LogP contribution in [0.4, 0.5) is 0 Å². The van der Waals surface area contributed by atoms with Crippen molar-refractivity contribution in [3.63, 3.8) is 0 Å². The van der Waals surface area contributed by atoms with Crippen LogP contribution in [0.1, 0.15) is 45.4 Å². The van der Waals surface area contributed by atoms with Crippen LogP contribution in [0.2, 0.25) is 0 Å². The number of rotatable bonds is 5. The summed E-state index contributed by atoms with van der Waals surface area (Å²) in [6.07, 6.45) is 6.79. The highest BCUT2D eigenvalue weighted by molar-refractivity contribution is 8.00. The van der Waals surface area contributed by atoms with Gasteiger partial charge in [0.05, 0.1) is 0 Å². The maximum Gasteiger partial charge on any atom is 0.220 e. The lowest BCUT2D eigenvalue weighted by atomic mass is 9.93. The molecule has 1 atom stereocenters. The van der Waals surface area contributed by atoms with Crippen molar-refractivity contribution in [1.82, 2.24) is 10.6 Å². The van der Waals surface area contributed by atoms with Crippen LogP contribution in [-0.2, 0) is 4.79 Å². The van der Waals surface area contributed by atoms with Gasteiger partial charge < -0.3 is 10.6 Å². The second-order valence-electron chi connectivity index (χ2n) is 5.91. The van der Waals surface area contributed by atoms with Gasteiger partial charge in [0.15, 0.2) is 0 Å². The molecule has 0 radical (unpaired) electrons. The van der Waals surface area contributed by atoms with Crippen molar-refractivity contribution in [1.29, 1.82) is 0 Å². The smallest absolute Gasteiger partial charge is 0.220 e. The van der Waals surface area contributed by atoms with E-state index in [-0.39, 0.29) is 18.3 Å². The first-order valence-corrected chi connectivity index (χ1v) is 8.28. The first-order valence-electron chi connectivity index (χ1n) is 7.29. The fourth-order valence-electron chi connectivity index (χ4n) is 2.86. The van der Waals surface area contributed by atoms with E-state index in [9.17, 15) is 4.79 Å². The summed E-state index contributed by atoms with van der Waals surface area (Å²) in [5.74, 6) is 2.26. The molecule has 2 fully saturated rings. The Hall–Kier alpha value is 0.0700. The van der Waals surface area contributed by atoms with Gasteiger partial charge in [0.1, 0.15) is 0 Å². The first kappa shape index (κ1) is 17.1. The Morgan fingerprint density at radius 2 is 2.16 bits per heavy atom. The molecule has 1 amide bonds. The van der Waals surface area contributed by atoms with Crippen molar-refractivity contribution in [2.24, 2.45) is 5.92 Å². The van der Waals surface area contributed by atoms with Crippen LogP contribution >= 0.6 is 24.2 Å². The Kier molecular flexibility index (Phi) is 7.55. The van der Waals surface area contributed by atoms with Gasteiger partial charge in [0.2, 0.25) is 5.91 Å². The van der Waals surface area contributed by atoms with E-state index in [1.807, 2.05) is 11.8 Å². The molecule has 0 saturated carbocycles. The van der Waals surface area contributed by atoms with Gasteiger partial charge in [-0.15, -0.1) is 12.4 Å². The number of halogens is 1. The third-order valence-corrected chi connectivity index (χ3v) is 5.74. The van der Waals surface area contributed by atoms with Crippen LogP contribution in [-0.4, -0.2) is 36.0 Å². The van der Waals surface area contributed by atoms with Gasteiger partial charge in [-0.25, -0.2) is 0 Å². The molecule has 0 aromatic rings. The second-order valence-corrected chi connectivity index (χ2v) is 7.59. The van der Waals surface area contributed by atoms with E-state index >= 15 is 0 Å². The van der Waals surface area contributed by atoms with E-state index in [0.717, 1.165) is 32.0 Å². The number of carbonyl (C=O) groups is 1. The highest BCUT2D eigenvalue weighted by atomic mass is 35.5. The van der Waals surface area contributed by atoms with Crippen molar-refractivity contribution in [3.8, 4) is 0 Å². The SMILES string of the molecule is CC1(CNC(=O)CCC2CCNCC2)CCCS1.Cl. The zero-order valence-corrected chi connectivity index (χ0v) is 13.5. The molecular formula is C14H27ClN2OS. The fourth-order valence-corrected chi connectivity index (χ4v) is 4.10.